The SMILES string of the molecule is C[C@H](Nc1nccc(-c2c(-c3ccc(F)cc3)nc3cc(CN4CCCC4)ccn23)n1)c1ccccc1. The molecule has 1 aliphatic heterocycles. The van der Waals surface area contributed by atoms with Gasteiger partial charge in [0.15, 0.2) is 0 Å². The van der Waals surface area contributed by atoms with Crippen molar-refractivity contribution in [3.63, 3.8) is 0 Å². The van der Waals surface area contributed by atoms with Crippen molar-refractivity contribution in [2.75, 3.05) is 18.4 Å². The predicted octanol–water partition coefficient (Wildman–Crippen LogP) is 6.37. The first-order valence-electron chi connectivity index (χ1n) is 12.8. The number of rotatable bonds is 7. The summed E-state index contributed by atoms with van der Waals surface area (Å²) in [6.45, 7) is 5.29. The second kappa shape index (κ2) is 10.1. The van der Waals surface area contributed by atoms with Gasteiger partial charge in [-0.15, -0.1) is 0 Å². The molecule has 0 aliphatic carbocycles. The number of pyridine rings is 1. The van der Waals surface area contributed by atoms with Crippen molar-refractivity contribution < 1.29 is 4.39 Å². The van der Waals surface area contributed by atoms with E-state index >= 15 is 0 Å². The first kappa shape index (κ1) is 23.3. The van der Waals surface area contributed by atoms with Crippen LogP contribution in [0.4, 0.5) is 10.3 Å². The van der Waals surface area contributed by atoms with E-state index in [9.17, 15) is 4.39 Å². The molecule has 1 aliphatic rings. The number of imidazole rings is 1. The minimum absolute atomic E-state index is 0.0448. The highest BCUT2D eigenvalue weighted by Crippen LogP contribution is 2.33. The number of likely N-dealkylation sites (tertiary alicyclic amines) is 1. The topological polar surface area (TPSA) is 58.4 Å². The third-order valence-electron chi connectivity index (χ3n) is 6.96. The summed E-state index contributed by atoms with van der Waals surface area (Å²) in [5.74, 6) is 0.268. The molecule has 7 heteroatoms. The normalized spacial score (nSPS) is 14.8. The summed E-state index contributed by atoms with van der Waals surface area (Å²) in [7, 11) is 0. The lowest BCUT2D eigenvalue weighted by atomic mass is 10.1. The lowest BCUT2D eigenvalue weighted by molar-refractivity contribution is 0.331. The van der Waals surface area contributed by atoms with E-state index in [1.807, 2.05) is 24.3 Å². The number of hydrogen-bond acceptors (Lipinski definition) is 5. The average Bonchev–Trinajstić information content (AvgIpc) is 3.57. The second-order valence-electron chi connectivity index (χ2n) is 9.60. The zero-order valence-electron chi connectivity index (χ0n) is 20.8. The maximum atomic E-state index is 13.7. The summed E-state index contributed by atoms with van der Waals surface area (Å²) in [5, 5.41) is 3.42. The maximum Gasteiger partial charge on any atom is 0.223 e. The molecule has 0 saturated carbocycles. The van der Waals surface area contributed by atoms with E-state index in [4.69, 9.17) is 9.97 Å². The van der Waals surface area contributed by atoms with Crippen LogP contribution in [0.5, 0.6) is 0 Å². The summed E-state index contributed by atoms with van der Waals surface area (Å²) < 4.78 is 15.8. The van der Waals surface area contributed by atoms with Crippen molar-refractivity contribution in [2.24, 2.45) is 0 Å². The van der Waals surface area contributed by atoms with E-state index < -0.39 is 0 Å². The monoisotopic (exact) mass is 492 g/mol. The van der Waals surface area contributed by atoms with Crippen molar-refractivity contribution in [1.29, 1.82) is 0 Å². The zero-order chi connectivity index (χ0) is 25.2. The van der Waals surface area contributed by atoms with E-state index in [2.05, 4.69) is 57.0 Å². The molecule has 5 aromatic rings. The van der Waals surface area contributed by atoms with Crippen molar-refractivity contribution in [2.45, 2.75) is 32.4 Å². The number of benzene rings is 2. The number of hydrogen-bond donors (Lipinski definition) is 1. The number of aromatic nitrogens is 4. The van der Waals surface area contributed by atoms with Crippen LogP contribution >= 0.6 is 0 Å². The molecule has 6 nitrogen and oxygen atoms in total. The van der Waals surface area contributed by atoms with Crippen LogP contribution in [-0.2, 0) is 6.54 Å². The lowest BCUT2D eigenvalue weighted by Crippen LogP contribution is -2.18. The van der Waals surface area contributed by atoms with Gasteiger partial charge in [0, 0.05) is 24.5 Å². The van der Waals surface area contributed by atoms with Gasteiger partial charge in [-0.1, -0.05) is 30.3 Å². The molecule has 0 spiro atoms. The van der Waals surface area contributed by atoms with Crippen LogP contribution in [0.2, 0.25) is 0 Å². The Balaban J connectivity index is 1.41. The van der Waals surface area contributed by atoms with Gasteiger partial charge < -0.3 is 5.32 Å². The van der Waals surface area contributed by atoms with E-state index in [-0.39, 0.29) is 11.9 Å². The molecule has 0 amide bonds. The number of fused-ring (bicyclic) bond motifs is 1. The number of anilines is 1. The third-order valence-corrected chi connectivity index (χ3v) is 6.96. The predicted molar refractivity (Wildman–Crippen MR) is 145 cm³/mol. The molecule has 0 bridgehead atoms. The van der Waals surface area contributed by atoms with Crippen LogP contribution in [0.3, 0.4) is 0 Å². The molecule has 0 unspecified atom stereocenters. The summed E-state index contributed by atoms with van der Waals surface area (Å²) in [6.07, 6.45) is 6.35. The molecule has 1 atom stereocenters. The standard InChI is InChI=1S/C30H29FN6/c1-21(23-7-3-2-4-8-23)33-30-32-15-13-26(34-30)29-28(24-9-11-25(31)12-10-24)35-27-19-22(14-18-37(27)29)20-36-16-5-6-17-36/h2-4,7-15,18-19,21H,5-6,16-17,20H2,1H3,(H,32,33,34)/t21-/m0/s1. The quantitative estimate of drug-likeness (QED) is 0.286. The molecular weight excluding hydrogens is 463 g/mol. The Hall–Kier alpha value is -4.10. The molecule has 6 rings (SSSR count). The summed E-state index contributed by atoms with van der Waals surface area (Å²) >= 11 is 0. The molecule has 3 aromatic heterocycles. The van der Waals surface area contributed by atoms with Gasteiger partial charge in [-0.2, -0.15) is 0 Å². The van der Waals surface area contributed by atoms with Crippen LogP contribution in [0.25, 0.3) is 28.3 Å². The van der Waals surface area contributed by atoms with Crippen molar-refractivity contribution in [3.05, 3.63) is 102 Å². The highest BCUT2D eigenvalue weighted by Gasteiger charge is 2.19. The molecular formula is C30H29FN6. The molecule has 1 N–H and O–H groups in total. The minimum Gasteiger partial charge on any atom is -0.348 e. The van der Waals surface area contributed by atoms with Crippen molar-refractivity contribution in [1.82, 2.24) is 24.3 Å². The van der Waals surface area contributed by atoms with Gasteiger partial charge in [-0.3, -0.25) is 9.30 Å². The Morgan fingerprint density at radius 1 is 0.946 bits per heavy atom. The fraction of sp³-hybridized carbons (Fsp3) is 0.233. The van der Waals surface area contributed by atoms with Gasteiger partial charge in [-0.05, 0) is 86.4 Å². The molecule has 37 heavy (non-hydrogen) atoms. The Morgan fingerprint density at radius 3 is 2.51 bits per heavy atom. The van der Waals surface area contributed by atoms with Crippen LogP contribution in [-0.4, -0.2) is 37.3 Å². The van der Waals surface area contributed by atoms with Crippen LogP contribution in [0, 0.1) is 5.82 Å². The largest absolute Gasteiger partial charge is 0.348 e. The lowest BCUT2D eigenvalue weighted by Gasteiger charge is -2.15. The second-order valence-corrected chi connectivity index (χ2v) is 9.60. The fourth-order valence-electron chi connectivity index (χ4n) is 5.02. The highest BCUT2D eigenvalue weighted by molar-refractivity contribution is 5.80. The van der Waals surface area contributed by atoms with Gasteiger partial charge in [0.05, 0.1) is 23.1 Å². The summed E-state index contributed by atoms with van der Waals surface area (Å²) in [4.78, 5) is 16.8. The van der Waals surface area contributed by atoms with Gasteiger partial charge >= 0.3 is 0 Å². The molecule has 0 radical (unpaired) electrons. The maximum absolute atomic E-state index is 13.7. The fourth-order valence-corrected chi connectivity index (χ4v) is 5.02. The van der Waals surface area contributed by atoms with Gasteiger partial charge in [0.2, 0.25) is 5.95 Å². The van der Waals surface area contributed by atoms with Crippen molar-refractivity contribution >= 4 is 11.6 Å². The highest BCUT2D eigenvalue weighted by atomic mass is 19.1. The Labute approximate surface area is 215 Å². The first-order valence-corrected chi connectivity index (χ1v) is 12.8. The molecule has 1 saturated heterocycles. The van der Waals surface area contributed by atoms with E-state index in [1.165, 1.54) is 30.5 Å². The Kier molecular flexibility index (Phi) is 6.37. The third kappa shape index (κ3) is 4.95. The van der Waals surface area contributed by atoms with Crippen LogP contribution in [0.1, 0.15) is 36.9 Å². The number of nitrogens with one attached hydrogen (secondary N) is 1. The van der Waals surface area contributed by atoms with Gasteiger partial charge in [0.25, 0.3) is 0 Å². The van der Waals surface area contributed by atoms with Crippen LogP contribution in [0.15, 0.2) is 85.2 Å². The Morgan fingerprint density at radius 2 is 1.73 bits per heavy atom. The number of halogens is 1. The van der Waals surface area contributed by atoms with Gasteiger partial charge in [-0.25, -0.2) is 19.3 Å². The smallest absolute Gasteiger partial charge is 0.223 e. The van der Waals surface area contributed by atoms with Gasteiger partial charge in [0.1, 0.15) is 11.5 Å². The number of nitrogens with zero attached hydrogens (tertiary/aromatic N) is 5. The summed E-state index contributed by atoms with van der Waals surface area (Å²) in [6, 6.07) is 22.9. The molecule has 186 valence electrons. The zero-order valence-corrected chi connectivity index (χ0v) is 20.8. The van der Waals surface area contributed by atoms with E-state index in [0.717, 1.165) is 53.5 Å². The molecule has 2 aromatic carbocycles. The average molecular weight is 493 g/mol. The minimum atomic E-state index is -0.273. The summed E-state index contributed by atoms with van der Waals surface area (Å²) in [5.41, 5.74) is 6.44. The van der Waals surface area contributed by atoms with E-state index in [0.29, 0.717) is 5.95 Å². The molecule has 4 heterocycles. The van der Waals surface area contributed by atoms with Crippen molar-refractivity contribution in [3.8, 4) is 22.6 Å². The van der Waals surface area contributed by atoms with Crippen LogP contribution < -0.4 is 5.32 Å². The molecule has 1 fully saturated rings. The first-order chi connectivity index (χ1) is 18.1. The Bertz CT molecular complexity index is 1510. The van der Waals surface area contributed by atoms with E-state index in [1.54, 1.807) is 18.3 Å².